The van der Waals surface area contributed by atoms with E-state index in [2.05, 4.69) is 48.5 Å². The molecule has 0 saturated carbocycles. The Kier molecular flexibility index (Phi) is 3.13. The first kappa shape index (κ1) is 11.2. The first-order valence-corrected chi connectivity index (χ1v) is 6.68. The molecule has 0 spiro atoms. The largest absolute Gasteiger partial charge is 0.314 e. The lowest BCUT2D eigenvalue weighted by atomic mass is 10.1. The lowest BCUT2D eigenvalue weighted by Gasteiger charge is -2.27. The van der Waals surface area contributed by atoms with Crippen LogP contribution in [0.4, 0.5) is 0 Å². The summed E-state index contributed by atoms with van der Waals surface area (Å²) in [4.78, 5) is 2.48. The van der Waals surface area contributed by atoms with Gasteiger partial charge in [-0.25, -0.2) is 0 Å². The Morgan fingerprint density at radius 1 is 1.29 bits per heavy atom. The number of aromatic amines is 1. The zero-order chi connectivity index (χ0) is 11.7. The number of aromatic nitrogens is 2. The van der Waals surface area contributed by atoms with E-state index < -0.39 is 0 Å². The Labute approximate surface area is 109 Å². The van der Waals surface area contributed by atoms with Gasteiger partial charge in [-0.3, -0.25) is 10.00 Å². The number of H-pyrrole nitrogens is 1. The second-order valence-electron chi connectivity index (χ2n) is 4.37. The van der Waals surface area contributed by atoms with Crippen LogP contribution in [0.3, 0.4) is 0 Å². The molecule has 2 heterocycles. The van der Waals surface area contributed by atoms with Crippen molar-refractivity contribution in [2.24, 2.45) is 0 Å². The quantitative estimate of drug-likeness (QED) is 0.887. The first-order chi connectivity index (χ1) is 8.34. The van der Waals surface area contributed by atoms with E-state index in [-0.39, 0.29) is 0 Å². The van der Waals surface area contributed by atoms with Crippen molar-refractivity contribution in [3.63, 3.8) is 0 Å². The number of halogens is 1. The maximum Gasteiger partial charge on any atom is 0.109 e. The zero-order valence-electron chi connectivity index (χ0n) is 9.54. The maximum atomic E-state index is 4.27. The molecule has 3 rings (SSSR count). The van der Waals surface area contributed by atoms with E-state index in [1.54, 1.807) is 0 Å². The minimum absolute atomic E-state index is 0.984. The number of fused-ring (bicyclic) bond motifs is 1. The molecule has 0 bridgehead atoms. The normalized spacial score (nSPS) is 17.7. The van der Waals surface area contributed by atoms with Crippen LogP contribution in [0.25, 0.3) is 10.9 Å². The van der Waals surface area contributed by atoms with Gasteiger partial charge >= 0.3 is 0 Å². The highest BCUT2D eigenvalue weighted by Crippen LogP contribution is 2.25. The van der Waals surface area contributed by atoms with Gasteiger partial charge in [0.25, 0.3) is 0 Å². The van der Waals surface area contributed by atoms with Crippen molar-refractivity contribution in [3.8, 4) is 0 Å². The molecule has 1 saturated heterocycles. The molecule has 2 aromatic rings. The molecule has 1 aromatic heterocycles. The van der Waals surface area contributed by atoms with E-state index >= 15 is 0 Å². The second-order valence-corrected chi connectivity index (χ2v) is 5.17. The Morgan fingerprint density at radius 3 is 2.94 bits per heavy atom. The molecule has 2 N–H and O–H groups in total. The molecule has 4 nitrogen and oxygen atoms in total. The van der Waals surface area contributed by atoms with Crippen LogP contribution in [0.2, 0.25) is 0 Å². The molecule has 0 amide bonds. The summed E-state index contributed by atoms with van der Waals surface area (Å²) in [7, 11) is 0. The number of benzene rings is 1. The van der Waals surface area contributed by atoms with Gasteiger partial charge in [-0.15, -0.1) is 0 Å². The predicted octanol–water partition coefficient (Wildman–Crippen LogP) is 1.73. The number of hydrogen-bond donors (Lipinski definition) is 2. The molecular weight excluding hydrogens is 280 g/mol. The summed E-state index contributed by atoms with van der Waals surface area (Å²) >= 11 is 3.53. The molecule has 1 aliphatic heterocycles. The van der Waals surface area contributed by atoms with E-state index in [0.717, 1.165) is 42.8 Å². The highest BCUT2D eigenvalue weighted by atomic mass is 79.9. The molecule has 0 atom stereocenters. The van der Waals surface area contributed by atoms with E-state index in [0.29, 0.717) is 0 Å². The monoisotopic (exact) mass is 294 g/mol. The Morgan fingerprint density at radius 2 is 2.12 bits per heavy atom. The van der Waals surface area contributed by atoms with Crippen molar-refractivity contribution in [2.45, 2.75) is 6.54 Å². The van der Waals surface area contributed by atoms with Gasteiger partial charge in [0.1, 0.15) is 4.60 Å². The van der Waals surface area contributed by atoms with Crippen LogP contribution >= 0.6 is 15.9 Å². The van der Waals surface area contributed by atoms with Crippen molar-refractivity contribution in [2.75, 3.05) is 26.2 Å². The summed E-state index contributed by atoms with van der Waals surface area (Å²) in [6, 6.07) is 6.30. The molecule has 1 fully saturated rings. The number of nitrogens with one attached hydrogen (secondary N) is 2. The van der Waals surface area contributed by atoms with Gasteiger partial charge in [0.2, 0.25) is 0 Å². The van der Waals surface area contributed by atoms with Gasteiger partial charge in [-0.05, 0) is 27.6 Å². The summed E-state index contributed by atoms with van der Waals surface area (Å²) in [5.74, 6) is 0. The molecule has 5 heteroatoms. The van der Waals surface area contributed by atoms with Crippen LogP contribution in [0.15, 0.2) is 22.8 Å². The lowest BCUT2D eigenvalue weighted by Crippen LogP contribution is -2.42. The van der Waals surface area contributed by atoms with Crippen molar-refractivity contribution in [3.05, 3.63) is 28.4 Å². The third-order valence-corrected chi connectivity index (χ3v) is 3.80. The van der Waals surface area contributed by atoms with Gasteiger partial charge in [-0.2, -0.15) is 5.10 Å². The smallest absolute Gasteiger partial charge is 0.109 e. The van der Waals surface area contributed by atoms with E-state index in [1.165, 1.54) is 10.9 Å². The number of piperazine rings is 1. The first-order valence-electron chi connectivity index (χ1n) is 5.89. The summed E-state index contributed by atoms with van der Waals surface area (Å²) in [6.45, 7) is 5.40. The Balaban J connectivity index is 1.91. The van der Waals surface area contributed by atoms with Crippen LogP contribution in [0.5, 0.6) is 0 Å². The molecule has 90 valence electrons. The molecule has 1 aromatic carbocycles. The number of nitrogens with zero attached hydrogens (tertiary/aromatic N) is 2. The third kappa shape index (κ3) is 2.22. The molecule has 0 aliphatic carbocycles. The Bertz CT molecular complexity index is 516. The van der Waals surface area contributed by atoms with Gasteiger partial charge in [0, 0.05) is 38.1 Å². The Hall–Kier alpha value is -0.910. The fourth-order valence-corrected chi connectivity index (χ4v) is 2.89. The molecule has 0 radical (unpaired) electrons. The van der Waals surface area contributed by atoms with E-state index in [4.69, 9.17) is 0 Å². The van der Waals surface area contributed by atoms with Crippen LogP contribution in [0, 0.1) is 0 Å². The average Bonchev–Trinajstić information content (AvgIpc) is 2.74. The zero-order valence-corrected chi connectivity index (χ0v) is 11.1. The molecule has 0 unspecified atom stereocenters. The predicted molar refractivity (Wildman–Crippen MR) is 71.9 cm³/mol. The number of rotatable bonds is 2. The van der Waals surface area contributed by atoms with Crippen LogP contribution in [-0.2, 0) is 6.54 Å². The molecular formula is C12H15BrN4. The second kappa shape index (κ2) is 4.76. The van der Waals surface area contributed by atoms with Gasteiger partial charge in [0.05, 0.1) is 5.52 Å². The van der Waals surface area contributed by atoms with Gasteiger partial charge < -0.3 is 5.32 Å². The average molecular weight is 295 g/mol. The van der Waals surface area contributed by atoms with Crippen molar-refractivity contribution < 1.29 is 0 Å². The van der Waals surface area contributed by atoms with Crippen molar-refractivity contribution in [1.82, 2.24) is 20.4 Å². The van der Waals surface area contributed by atoms with Gasteiger partial charge in [0.15, 0.2) is 0 Å². The van der Waals surface area contributed by atoms with Crippen LogP contribution in [-0.4, -0.2) is 41.3 Å². The highest BCUT2D eigenvalue weighted by molar-refractivity contribution is 9.10. The lowest BCUT2D eigenvalue weighted by molar-refractivity contribution is 0.234. The third-order valence-electron chi connectivity index (χ3n) is 3.23. The minimum Gasteiger partial charge on any atom is -0.314 e. The highest BCUT2D eigenvalue weighted by Gasteiger charge is 2.13. The fraction of sp³-hybridized carbons (Fsp3) is 0.417. The number of hydrogen-bond acceptors (Lipinski definition) is 3. The van der Waals surface area contributed by atoms with E-state index in [1.807, 2.05) is 6.07 Å². The summed E-state index contributed by atoms with van der Waals surface area (Å²) < 4.78 is 0.984. The summed E-state index contributed by atoms with van der Waals surface area (Å²) in [6.07, 6.45) is 0. The SMILES string of the molecule is Brc1[nH]nc2cccc(CN3CCNCC3)c12. The van der Waals surface area contributed by atoms with E-state index in [9.17, 15) is 0 Å². The van der Waals surface area contributed by atoms with Crippen molar-refractivity contribution >= 4 is 26.8 Å². The van der Waals surface area contributed by atoms with Crippen LogP contribution in [0.1, 0.15) is 5.56 Å². The molecule has 1 aliphatic rings. The topological polar surface area (TPSA) is 44.0 Å². The standard InChI is InChI=1S/C12H15BrN4/c13-12-11-9(2-1-3-10(11)15-16-12)8-17-6-4-14-5-7-17/h1-3,14H,4-8H2,(H,15,16). The van der Waals surface area contributed by atoms with Crippen LogP contribution < -0.4 is 5.32 Å². The van der Waals surface area contributed by atoms with Crippen molar-refractivity contribution in [1.29, 1.82) is 0 Å². The van der Waals surface area contributed by atoms with Gasteiger partial charge in [-0.1, -0.05) is 12.1 Å². The summed E-state index contributed by atoms with van der Waals surface area (Å²) in [5.41, 5.74) is 2.37. The summed E-state index contributed by atoms with van der Waals surface area (Å²) in [5, 5.41) is 11.8. The minimum atomic E-state index is 0.984. The fourth-order valence-electron chi connectivity index (χ4n) is 2.34. The maximum absolute atomic E-state index is 4.27. The molecule has 17 heavy (non-hydrogen) atoms.